The molecule has 0 unspecified atom stereocenters. The lowest BCUT2D eigenvalue weighted by Crippen LogP contribution is -2.27. The maximum Gasteiger partial charge on any atom is 0.267 e. The molecule has 0 aliphatic heterocycles. The molecule has 7 heteroatoms. The molecule has 1 saturated carbocycles. The summed E-state index contributed by atoms with van der Waals surface area (Å²) >= 11 is 0. The minimum absolute atomic E-state index is 0.0155. The third-order valence-corrected chi connectivity index (χ3v) is 4.31. The first-order valence-corrected chi connectivity index (χ1v) is 8.47. The first-order valence-electron chi connectivity index (χ1n) is 6.93. The van der Waals surface area contributed by atoms with Crippen LogP contribution in [0, 0.1) is 5.92 Å². The lowest BCUT2D eigenvalue weighted by molar-refractivity contribution is 0.0943. The van der Waals surface area contributed by atoms with E-state index in [0.717, 1.165) is 18.8 Å². The van der Waals surface area contributed by atoms with Gasteiger partial charge in [-0.3, -0.25) is 4.79 Å². The standard InChI is InChI=1S/C13H21N3O3S/c1-2-7-16-9-11(20(14,18)19)8-12(16)13(17)15-6-5-10-3-4-10/h8-10H,2-7H2,1H3,(H,15,17)(H2,14,18,19). The van der Waals surface area contributed by atoms with E-state index in [2.05, 4.69) is 5.32 Å². The van der Waals surface area contributed by atoms with Gasteiger partial charge in [-0.05, 0) is 24.8 Å². The van der Waals surface area contributed by atoms with Gasteiger partial charge in [0.25, 0.3) is 5.91 Å². The van der Waals surface area contributed by atoms with E-state index >= 15 is 0 Å². The molecule has 6 nitrogen and oxygen atoms in total. The number of nitrogens with zero attached hydrogens (tertiary/aromatic N) is 1. The number of aryl methyl sites for hydroxylation is 1. The van der Waals surface area contributed by atoms with Crippen LogP contribution in [-0.2, 0) is 16.6 Å². The Bertz CT molecular complexity index is 588. The van der Waals surface area contributed by atoms with Crippen LogP contribution >= 0.6 is 0 Å². The molecule has 1 aromatic heterocycles. The molecule has 20 heavy (non-hydrogen) atoms. The van der Waals surface area contributed by atoms with Gasteiger partial charge in [0.1, 0.15) is 10.6 Å². The molecule has 0 aromatic carbocycles. The predicted molar refractivity (Wildman–Crippen MR) is 75.8 cm³/mol. The number of primary sulfonamides is 1. The fourth-order valence-electron chi connectivity index (χ4n) is 2.14. The van der Waals surface area contributed by atoms with Crippen LogP contribution in [0.2, 0.25) is 0 Å². The van der Waals surface area contributed by atoms with Crippen LogP contribution in [0.3, 0.4) is 0 Å². The van der Waals surface area contributed by atoms with Gasteiger partial charge in [0.2, 0.25) is 10.0 Å². The molecule has 1 heterocycles. The van der Waals surface area contributed by atoms with E-state index in [9.17, 15) is 13.2 Å². The zero-order valence-corrected chi connectivity index (χ0v) is 12.4. The Hall–Kier alpha value is -1.34. The maximum absolute atomic E-state index is 12.1. The van der Waals surface area contributed by atoms with Crippen molar-refractivity contribution in [3.63, 3.8) is 0 Å². The third-order valence-electron chi connectivity index (χ3n) is 3.43. The summed E-state index contributed by atoms with van der Waals surface area (Å²) in [6, 6.07) is 1.34. The van der Waals surface area contributed by atoms with E-state index in [1.807, 2.05) is 6.92 Å². The summed E-state index contributed by atoms with van der Waals surface area (Å²) in [5.74, 6) is 0.506. The summed E-state index contributed by atoms with van der Waals surface area (Å²) in [5, 5.41) is 7.95. The van der Waals surface area contributed by atoms with Crippen molar-refractivity contribution in [3.05, 3.63) is 18.0 Å². The largest absolute Gasteiger partial charge is 0.351 e. The quantitative estimate of drug-likeness (QED) is 0.788. The average Bonchev–Trinajstić information content (AvgIpc) is 3.06. The van der Waals surface area contributed by atoms with Crippen molar-refractivity contribution in [2.24, 2.45) is 11.1 Å². The topological polar surface area (TPSA) is 94.2 Å². The van der Waals surface area contributed by atoms with Crippen LogP contribution in [0.25, 0.3) is 0 Å². The van der Waals surface area contributed by atoms with E-state index in [1.165, 1.54) is 25.1 Å². The van der Waals surface area contributed by atoms with Crippen molar-refractivity contribution >= 4 is 15.9 Å². The molecule has 1 aliphatic carbocycles. The number of sulfonamides is 1. The molecule has 0 saturated heterocycles. The summed E-state index contributed by atoms with van der Waals surface area (Å²) in [5.41, 5.74) is 0.353. The fourth-order valence-corrected chi connectivity index (χ4v) is 2.69. The molecule has 3 N–H and O–H groups in total. The number of rotatable bonds is 7. The Morgan fingerprint density at radius 1 is 1.50 bits per heavy atom. The van der Waals surface area contributed by atoms with Crippen molar-refractivity contribution < 1.29 is 13.2 Å². The zero-order chi connectivity index (χ0) is 14.8. The summed E-state index contributed by atoms with van der Waals surface area (Å²) in [6.45, 7) is 3.18. The fraction of sp³-hybridized carbons (Fsp3) is 0.615. The normalized spacial score (nSPS) is 15.3. The van der Waals surface area contributed by atoms with Gasteiger partial charge in [0.15, 0.2) is 0 Å². The summed E-state index contributed by atoms with van der Waals surface area (Å²) in [6.07, 6.45) is 5.72. The van der Waals surface area contributed by atoms with Gasteiger partial charge in [-0.25, -0.2) is 13.6 Å². The molecule has 0 atom stereocenters. The summed E-state index contributed by atoms with van der Waals surface area (Å²) < 4.78 is 24.4. The van der Waals surface area contributed by atoms with Gasteiger partial charge in [0.05, 0.1) is 0 Å². The zero-order valence-electron chi connectivity index (χ0n) is 11.6. The number of aromatic nitrogens is 1. The van der Waals surface area contributed by atoms with Crippen LogP contribution in [0.15, 0.2) is 17.2 Å². The van der Waals surface area contributed by atoms with Crippen LogP contribution in [0.4, 0.5) is 0 Å². The van der Waals surface area contributed by atoms with E-state index in [-0.39, 0.29) is 10.8 Å². The SMILES string of the molecule is CCCn1cc(S(N)(=O)=O)cc1C(=O)NCCC1CC1. The highest BCUT2D eigenvalue weighted by Gasteiger charge is 2.22. The van der Waals surface area contributed by atoms with E-state index in [0.29, 0.717) is 18.8 Å². The molecule has 0 bridgehead atoms. The molecule has 1 aromatic rings. The molecule has 1 aliphatic rings. The minimum atomic E-state index is -3.78. The Morgan fingerprint density at radius 2 is 2.20 bits per heavy atom. The minimum Gasteiger partial charge on any atom is -0.351 e. The maximum atomic E-state index is 12.1. The molecular weight excluding hydrogens is 278 g/mol. The van der Waals surface area contributed by atoms with Crippen LogP contribution < -0.4 is 10.5 Å². The predicted octanol–water partition coefficient (Wildman–Crippen LogP) is 1.08. The lowest BCUT2D eigenvalue weighted by Gasteiger charge is -2.08. The number of nitrogens with one attached hydrogen (secondary N) is 1. The molecule has 0 radical (unpaired) electrons. The lowest BCUT2D eigenvalue weighted by atomic mass is 10.3. The Morgan fingerprint density at radius 3 is 2.75 bits per heavy atom. The van der Waals surface area contributed by atoms with Crippen molar-refractivity contribution in [3.8, 4) is 0 Å². The van der Waals surface area contributed by atoms with Crippen molar-refractivity contribution in [2.45, 2.75) is 44.0 Å². The average molecular weight is 299 g/mol. The third kappa shape index (κ3) is 3.83. The number of amides is 1. The smallest absolute Gasteiger partial charge is 0.267 e. The van der Waals surface area contributed by atoms with Gasteiger partial charge >= 0.3 is 0 Å². The Balaban J connectivity index is 2.10. The second-order valence-electron chi connectivity index (χ2n) is 5.29. The van der Waals surface area contributed by atoms with Crippen LogP contribution in [0.1, 0.15) is 43.1 Å². The number of carbonyl (C=O) groups is 1. The number of nitrogens with two attached hydrogens (primary N) is 1. The highest BCUT2D eigenvalue weighted by Crippen LogP contribution is 2.31. The number of hydrogen-bond donors (Lipinski definition) is 2. The van der Waals surface area contributed by atoms with E-state index in [1.54, 1.807) is 4.57 Å². The molecule has 1 amide bonds. The van der Waals surface area contributed by atoms with Gasteiger partial charge in [0, 0.05) is 19.3 Å². The molecule has 112 valence electrons. The van der Waals surface area contributed by atoms with Crippen LogP contribution in [-0.4, -0.2) is 25.4 Å². The second kappa shape index (κ2) is 5.97. The van der Waals surface area contributed by atoms with Gasteiger partial charge in [-0.1, -0.05) is 19.8 Å². The molecule has 1 fully saturated rings. The number of carbonyl (C=O) groups excluding carboxylic acids is 1. The second-order valence-corrected chi connectivity index (χ2v) is 6.85. The van der Waals surface area contributed by atoms with Crippen molar-refractivity contribution in [1.82, 2.24) is 9.88 Å². The van der Waals surface area contributed by atoms with Crippen molar-refractivity contribution in [2.75, 3.05) is 6.54 Å². The Kier molecular flexibility index (Phi) is 4.49. The first kappa shape index (κ1) is 15.1. The van der Waals surface area contributed by atoms with Gasteiger partial charge in [-0.2, -0.15) is 0 Å². The summed E-state index contributed by atoms with van der Waals surface area (Å²) in [4.78, 5) is 12.1. The monoisotopic (exact) mass is 299 g/mol. The Labute approximate surface area is 119 Å². The summed E-state index contributed by atoms with van der Waals surface area (Å²) in [7, 11) is -3.78. The molecular formula is C13H21N3O3S. The van der Waals surface area contributed by atoms with Crippen molar-refractivity contribution in [1.29, 1.82) is 0 Å². The molecule has 0 spiro atoms. The van der Waals surface area contributed by atoms with Gasteiger partial charge < -0.3 is 9.88 Å². The number of hydrogen-bond acceptors (Lipinski definition) is 3. The van der Waals surface area contributed by atoms with E-state index in [4.69, 9.17) is 5.14 Å². The first-order chi connectivity index (χ1) is 9.41. The molecule has 2 rings (SSSR count). The highest BCUT2D eigenvalue weighted by atomic mass is 32.2. The van der Waals surface area contributed by atoms with Crippen LogP contribution in [0.5, 0.6) is 0 Å². The van der Waals surface area contributed by atoms with Gasteiger partial charge in [-0.15, -0.1) is 0 Å². The van der Waals surface area contributed by atoms with E-state index < -0.39 is 10.0 Å². The highest BCUT2D eigenvalue weighted by molar-refractivity contribution is 7.89.